The summed E-state index contributed by atoms with van der Waals surface area (Å²) < 4.78 is 27.3. The van der Waals surface area contributed by atoms with Crippen LogP contribution >= 0.6 is 0 Å². The molecular formula is C26H29N3O3S. The Kier molecular flexibility index (Phi) is 7.23. The minimum Gasteiger partial charge on any atom is -0.355 e. The molecule has 0 saturated carbocycles. The van der Waals surface area contributed by atoms with Crippen molar-refractivity contribution in [3.63, 3.8) is 0 Å². The fourth-order valence-electron chi connectivity index (χ4n) is 3.93. The molecule has 0 amide bonds. The number of carbonyl (C=O) groups excluding carboxylic acids is 1. The Bertz CT molecular complexity index is 1190. The van der Waals surface area contributed by atoms with Crippen molar-refractivity contribution >= 4 is 27.2 Å². The van der Waals surface area contributed by atoms with Crippen molar-refractivity contribution in [2.24, 2.45) is 0 Å². The number of benzene rings is 3. The number of nitrogens with one attached hydrogen (secondary N) is 1. The lowest BCUT2D eigenvalue weighted by Crippen LogP contribution is -2.46. The highest BCUT2D eigenvalue weighted by Gasteiger charge is 2.27. The van der Waals surface area contributed by atoms with Crippen molar-refractivity contribution in [1.29, 1.82) is 0 Å². The van der Waals surface area contributed by atoms with Crippen molar-refractivity contribution in [1.82, 2.24) is 9.21 Å². The maximum absolute atomic E-state index is 12.9. The van der Waals surface area contributed by atoms with Gasteiger partial charge in [0.15, 0.2) is 0 Å². The number of sulfonamides is 1. The molecule has 0 atom stereocenters. The standard InChI is InChI=1S/C26H29N3O3S/c1-28-15-17-29(18-16-28)33(31,32)25-13-11-21(12-14-25)19-24(30)20-22-7-5-6-10-26(22)27-23-8-3-2-4-9-23/h2-14,27H,15-20H2,1H3. The molecule has 3 aromatic rings. The average molecular weight is 464 g/mol. The van der Waals surface area contributed by atoms with E-state index in [0.717, 1.165) is 35.6 Å². The van der Waals surface area contributed by atoms with Crippen molar-refractivity contribution < 1.29 is 13.2 Å². The van der Waals surface area contributed by atoms with E-state index in [-0.39, 0.29) is 17.1 Å². The molecule has 1 aliphatic rings. The van der Waals surface area contributed by atoms with E-state index in [4.69, 9.17) is 0 Å². The molecule has 0 radical (unpaired) electrons. The normalized spacial score (nSPS) is 15.3. The summed E-state index contributed by atoms with van der Waals surface area (Å²) in [6.07, 6.45) is 0.561. The molecule has 33 heavy (non-hydrogen) atoms. The number of rotatable bonds is 8. The third-order valence-corrected chi connectivity index (χ3v) is 7.80. The second-order valence-corrected chi connectivity index (χ2v) is 10.3. The fourth-order valence-corrected chi connectivity index (χ4v) is 5.35. The van der Waals surface area contributed by atoms with E-state index in [2.05, 4.69) is 10.2 Å². The van der Waals surface area contributed by atoms with Gasteiger partial charge in [-0.3, -0.25) is 4.79 Å². The number of piperazine rings is 1. The van der Waals surface area contributed by atoms with Gasteiger partial charge in [-0.05, 0) is 48.5 Å². The summed E-state index contributed by atoms with van der Waals surface area (Å²) in [5.41, 5.74) is 3.62. The van der Waals surface area contributed by atoms with Crippen LogP contribution in [-0.2, 0) is 27.7 Å². The molecule has 172 valence electrons. The molecule has 0 aromatic heterocycles. The largest absolute Gasteiger partial charge is 0.355 e. The number of carbonyl (C=O) groups is 1. The molecule has 1 fully saturated rings. The number of likely N-dealkylation sites (N-methyl/N-ethyl adjacent to an activating group) is 1. The zero-order chi connectivity index (χ0) is 23.3. The third-order valence-electron chi connectivity index (χ3n) is 5.88. The van der Waals surface area contributed by atoms with E-state index >= 15 is 0 Å². The predicted octanol–water partition coefficient (Wildman–Crippen LogP) is 3.72. The highest BCUT2D eigenvalue weighted by molar-refractivity contribution is 7.89. The Morgan fingerprint density at radius 2 is 1.45 bits per heavy atom. The molecule has 1 heterocycles. The highest BCUT2D eigenvalue weighted by Crippen LogP contribution is 2.22. The minimum absolute atomic E-state index is 0.0759. The van der Waals surface area contributed by atoms with Crippen LogP contribution in [0.3, 0.4) is 0 Å². The Hall–Kier alpha value is -3.00. The van der Waals surface area contributed by atoms with Crippen molar-refractivity contribution in [2.45, 2.75) is 17.7 Å². The first-order valence-corrected chi connectivity index (χ1v) is 12.5. The molecule has 1 aliphatic heterocycles. The molecule has 0 spiro atoms. The summed E-state index contributed by atoms with van der Waals surface area (Å²) in [4.78, 5) is 15.2. The number of ketones is 1. The molecule has 1 saturated heterocycles. The third kappa shape index (κ3) is 5.87. The summed E-state index contributed by atoms with van der Waals surface area (Å²) in [6.45, 7) is 2.45. The lowest BCUT2D eigenvalue weighted by molar-refractivity contribution is -0.117. The first-order valence-electron chi connectivity index (χ1n) is 11.1. The van der Waals surface area contributed by atoms with E-state index in [1.807, 2.05) is 61.6 Å². The van der Waals surface area contributed by atoms with Gasteiger partial charge in [-0.1, -0.05) is 48.5 Å². The Balaban J connectivity index is 1.40. The van der Waals surface area contributed by atoms with Crippen molar-refractivity contribution in [2.75, 3.05) is 38.5 Å². The topological polar surface area (TPSA) is 69.7 Å². The summed E-state index contributed by atoms with van der Waals surface area (Å²) in [6, 6.07) is 24.4. The van der Waals surface area contributed by atoms with Gasteiger partial charge in [0, 0.05) is 50.4 Å². The molecule has 0 unspecified atom stereocenters. The molecule has 3 aromatic carbocycles. The summed E-state index contributed by atoms with van der Waals surface area (Å²) >= 11 is 0. The van der Waals surface area contributed by atoms with Crippen LogP contribution in [-0.4, -0.2) is 56.6 Å². The van der Waals surface area contributed by atoms with Crippen LogP contribution in [0, 0.1) is 0 Å². The second kappa shape index (κ2) is 10.3. The van der Waals surface area contributed by atoms with Crippen LogP contribution in [0.2, 0.25) is 0 Å². The Morgan fingerprint density at radius 3 is 2.15 bits per heavy atom. The number of hydrogen-bond donors (Lipinski definition) is 1. The first-order chi connectivity index (χ1) is 15.9. The lowest BCUT2D eigenvalue weighted by atomic mass is 10.0. The van der Waals surface area contributed by atoms with Gasteiger partial charge in [-0.2, -0.15) is 4.31 Å². The molecule has 4 rings (SSSR count). The lowest BCUT2D eigenvalue weighted by Gasteiger charge is -2.31. The molecule has 7 heteroatoms. The minimum atomic E-state index is -3.50. The van der Waals surface area contributed by atoms with Crippen LogP contribution in [0.15, 0.2) is 83.8 Å². The van der Waals surface area contributed by atoms with Crippen LogP contribution in [0.1, 0.15) is 11.1 Å². The van der Waals surface area contributed by atoms with Gasteiger partial charge in [0.1, 0.15) is 5.78 Å². The zero-order valence-electron chi connectivity index (χ0n) is 18.8. The molecule has 0 aliphatic carbocycles. The van der Waals surface area contributed by atoms with Gasteiger partial charge in [0.2, 0.25) is 10.0 Å². The number of hydrogen-bond acceptors (Lipinski definition) is 5. The van der Waals surface area contributed by atoms with Crippen LogP contribution in [0.25, 0.3) is 0 Å². The molecule has 6 nitrogen and oxygen atoms in total. The second-order valence-electron chi connectivity index (χ2n) is 8.39. The van der Waals surface area contributed by atoms with E-state index in [1.54, 1.807) is 24.3 Å². The quantitative estimate of drug-likeness (QED) is 0.551. The molecular weight excluding hydrogens is 434 g/mol. The van der Waals surface area contributed by atoms with E-state index in [0.29, 0.717) is 19.5 Å². The van der Waals surface area contributed by atoms with Gasteiger partial charge in [0.05, 0.1) is 4.90 Å². The maximum atomic E-state index is 12.9. The summed E-state index contributed by atoms with van der Waals surface area (Å²) in [7, 11) is -1.51. The van der Waals surface area contributed by atoms with Crippen LogP contribution in [0.4, 0.5) is 11.4 Å². The average Bonchev–Trinajstić information content (AvgIpc) is 2.82. The predicted molar refractivity (Wildman–Crippen MR) is 131 cm³/mol. The van der Waals surface area contributed by atoms with Gasteiger partial charge >= 0.3 is 0 Å². The first kappa shape index (κ1) is 23.2. The summed E-state index contributed by atoms with van der Waals surface area (Å²) in [5, 5.41) is 3.37. The van der Waals surface area contributed by atoms with Crippen molar-refractivity contribution in [3.05, 3.63) is 90.0 Å². The number of anilines is 2. The highest BCUT2D eigenvalue weighted by atomic mass is 32.2. The van der Waals surface area contributed by atoms with Crippen LogP contribution < -0.4 is 5.32 Å². The zero-order valence-corrected chi connectivity index (χ0v) is 19.6. The van der Waals surface area contributed by atoms with E-state index in [1.165, 1.54) is 4.31 Å². The summed E-state index contributed by atoms with van der Waals surface area (Å²) in [5.74, 6) is 0.0759. The fraction of sp³-hybridized carbons (Fsp3) is 0.269. The smallest absolute Gasteiger partial charge is 0.243 e. The molecule has 0 bridgehead atoms. The monoisotopic (exact) mass is 463 g/mol. The SMILES string of the molecule is CN1CCN(S(=O)(=O)c2ccc(CC(=O)Cc3ccccc3Nc3ccccc3)cc2)CC1. The number of Topliss-reactive ketones (excluding diaryl/α,β-unsaturated/α-hetero) is 1. The maximum Gasteiger partial charge on any atom is 0.243 e. The number of para-hydroxylation sites is 2. The van der Waals surface area contributed by atoms with Crippen LogP contribution in [0.5, 0.6) is 0 Å². The van der Waals surface area contributed by atoms with Gasteiger partial charge in [0.25, 0.3) is 0 Å². The molecule has 1 N–H and O–H groups in total. The van der Waals surface area contributed by atoms with Gasteiger partial charge < -0.3 is 10.2 Å². The van der Waals surface area contributed by atoms with E-state index < -0.39 is 10.0 Å². The van der Waals surface area contributed by atoms with Gasteiger partial charge in [-0.25, -0.2) is 8.42 Å². The van der Waals surface area contributed by atoms with Gasteiger partial charge in [-0.15, -0.1) is 0 Å². The van der Waals surface area contributed by atoms with E-state index in [9.17, 15) is 13.2 Å². The van der Waals surface area contributed by atoms with Crippen molar-refractivity contribution in [3.8, 4) is 0 Å². The Labute approximate surface area is 195 Å². The Morgan fingerprint density at radius 1 is 0.818 bits per heavy atom. The number of nitrogens with zero attached hydrogens (tertiary/aromatic N) is 2.